The molecule has 314 valence electrons. The highest BCUT2D eigenvalue weighted by atomic mass is 15.2. The van der Waals surface area contributed by atoms with Crippen LogP contribution >= 0.6 is 0 Å². The molecule has 2 heteroatoms. The van der Waals surface area contributed by atoms with E-state index in [0.29, 0.717) is 5.92 Å². The Labute approximate surface area is 380 Å². The largest absolute Gasteiger partial charge is 0.310 e. The second-order valence-electron chi connectivity index (χ2n) is 18.2. The highest BCUT2D eigenvalue weighted by molar-refractivity contribution is 6.10. The van der Waals surface area contributed by atoms with E-state index < -0.39 is 0 Å². The lowest BCUT2D eigenvalue weighted by atomic mass is 9.81. The molecule has 0 N–H and O–H groups in total. The predicted molar refractivity (Wildman–Crippen MR) is 275 cm³/mol. The number of rotatable bonds is 11. The summed E-state index contributed by atoms with van der Waals surface area (Å²) in [6.07, 6.45) is 8.79. The lowest BCUT2D eigenvalue weighted by Crippen LogP contribution is -2.18. The monoisotopic (exact) mass is 828 g/mol. The van der Waals surface area contributed by atoms with Crippen LogP contribution in [0.4, 0.5) is 34.1 Å². The zero-order valence-corrected chi connectivity index (χ0v) is 38.0. The van der Waals surface area contributed by atoms with Gasteiger partial charge in [-0.1, -0.05) is 148 Å². The van der Waals surface area contributed by atoms with Gasteiger partial charge in [-0.05, 0) is 179 Å². The third kappa shape index (κ3) is 6.99. The van der Waals surface area contributed by atoms with Gasteiger partial charge >= 0.3 is 0 Å². The fourth-order valence-electron chi connectivity index (χ4n) is 10.3. The average Bonchev–Trinajstić information content (AvgIpc) is 4.14. The summed E-state index contributed by atoms with van der Waals surface area (Å²) in [6, 6.07) is 63.1. The smallest absolute Gasteiger partial charge is 0.0543 e. The lowest BCUT2D eigenvalue weighted by molar-refractivity contribution is 0.661. The SMILES string of the molecule is C=C/C(C)=C(\C=C/C)c1cccc(N(c2ccc(-c3ccccc3C)c(C)c2)c2ccc3c(c2)C(C)(C)c2cc(N(c4ccccc4)c4ccccc4)c4ccccc4c2-3)c1C1CC1. The molecule has 0 atom stereocenters. The third-order valence-electron chi connectivity index (χ3n) is 13.7. The molecule has 2 aliphatic carbocycles. The molecule has 0 bridgehead atoms. The van der Waals surface area contributed by atoms with Gasteiger partial charge in [-0.15, -0.1) is 0 Å². The van der Waals surface area contributed by atoms with Crippen LogP contribution in [0.15, 0.2) is 200 Å². The molecule has 0 unspecified atom stereocenters. The normalized spacial score (nSPS) is 14.3. The van der Waals surface area contributed by atoms with Gasteiger partial charge in [0, 0.05) is 33.6 Å². The molecular formula is C62H56N2. The van der Waals surface area contributed by atoms with Crippen LogP contribution in [0, 0.1) is 13.8 Å². The van der Waals surface area contributed by atoms with Gasteiger partial charge in [-0.25, -0.2) is 0 Å². The molecule has 0 spiro atoms. The number of hydrogen-bond acceptors (Lipinski definition) is 2. The van der Waals surface area contributed by atoms with E-state index in [1.165, 1.54) is 107 Å². The number of benzene rings is 8. The van der Waals surface area contributed by atoms with Gasteiger partial charge in [-0.3, -0.25) is 0 Å². The van der Waals surface area contributed by atoms with Crippen molar-refractivity contribution in [3.05, 3.63) is 234 Å². The average molecular weight is 829 g/mol. The van der Waals surface area contributed by atoms with Crippen molar-refractivity contribution in [2.45, 2.75) is 65.7 Å². The van der Waals surface area contributed by atoms with Gasteiger partial charge in [0.05, 0.1) is 11.4 Å². The van der Waals surface area contributed by atoms with Crippen molar-refractivity contribution in [2.75, 3.05) is 9.80 Å². The zero-order valence-electron chi connectivity index (χ0n) is 38.0. The number of aryl methyl sites for hydroxylation is 2. The van der Waals surface area contributed by atoms with Crippen LogP contribution < -0.4 is 9.80 Å². The van der Waals surface area contributed by atoms with Gasteiger partial charge in [0.2, 0.25) is 0 Å². The quantitative estimate of drug-likeness (QED) is 0.120. The van der Waals surface area contributed by atoms with E-state index in [9.17, 15) is 0 Å². The minimum atomic E-state index is -0.293. The maximum atomic E-state index is 4.20. The van der Waals surface area contributed by atoms with E-state index >= 15 is 0 Å². The van der Waals surface area contributed by atoms with Crippen LogP contribution in [-0.2, 0) is 5.41 Å². The van der Waals surface area contributed by atoms with E-state index in [4.69, 9.17) is 0 Å². The van der Waals surface area contributed by atoms with Crippen molar-refractivity contribution in [1.29, 1.82) is 0 Å². The topological polar surface area (TPSA) is 6.48 Å². The Morgan fingerprint density at radius 3 is 1.80 bits per heavy atom. The van der Waals surface area contributed by atoms with E-state index in [1.54, 1.807) is 0 Å². The molecule has 64 heavy (non-hydrogen) atoms. The van der Waals surface area contributed by atoms with Crippen LogP contribution in [0.1, 0.15) is 79.8 Å². The van der Waals surface area contributed by atoms with Crippen LogP contribution in [0.3, 0.4) is 0 Å². The number of nitrogens with zero attached hydrogens (tertiary/aromatic N) is 2. The van der Waals surface area contributed by atoms with E-state index in [0.717, 1.165) is 17.1 Å². The van der Waals surface area contributed by atoms with Crippen molar-refractivity contribution in [1.82, 2.24) is 0 Å². The maximum Gasteiger partial charge on any atom is 0.0543 e. The van der Waals surface area contributed by atoms with Gasteiger partial charge in [-0.2, -0.15) is 0 Å². The highest BCUT2D eigenvalue weighted by Crippen LogP contribution is 2.57. The molecule has 0 amide bonds. The number of hydrogen-bond donors (Lipinski definition) is 0. The summed E-state index contributed by atoms with van der Waals surface area (Å²) in [6.45, 7) is 17.8. The second kappa shape index (κ2) is 16.5. The number of allylic oxidation sites excluding steroid dienone is 5. The molecule has 0 aliphatic heterocycles. The van der Waals surface area contributed by atoms with E-state index in [-0.39, 0.29) is 5.41 Å². The summed E-state index contributed by atoms with van der Waals surface area (Å²) in [4.78, 5) is 4.98. The molecule has 1 saturated carbocycles. The van der Waals surface area contributed by atoms with Crippen molar-refractivity contribution in [3.63, 3.8) is 0 Å². The maximum absolute atomic E-state index is 4.20. The molecule has 0 heterocycles. The summed E-state index contributed by atoms with van der Waals surface area (Å²) in [5.41, 5.74) is 22.3. The molecule has 0 aromatic heterocycles. The molecule has 8 aromatic rings. The Morgan fingerprint density at radius 1 is 0.562 bits per heavy atom. The standard InChI is InChI=1S/C62H56N2/c1-8-21-49(41(3)9-2)53-30-20-31-58(60(53)44-32-33-44)64(47-34-36-51(43(5)38-47)50-27-17-16-22-42(50)4)48-35-37-55-56(39-48)62(6,7)57-40-59(52-28-18-19-29-54(52)61(55)57)63(45-23-12-10-13-24-45)46-25-14-11-15-26-46/h8-31,34-40,44H,2,32-33H2,1,3-7H3/b21-8-,49-41+. The van der Waals surface area contributed by atoms with Crippen LogP contribution in [0.25, 0.3) is 38.6 Å². The molecule has 2 nitrogen and oxygen atoms in total. The van der Waals surface area contributed by atoms with Crippen LogP contribution in [0.5, 0.6) is 0 Å². The fraction of sp³-hybridized carbons (Fsp3) is 0.161. The Balaban J connectivity index is 1.19. The first-order valence-electron chi connectivity index (χ1n) is 22.9. The minimum Gasteiger partial charge on any atom is -0.310 e. The highest BCUT2D eigenvalue weighted by Gasteiger charge is 2.39. The summed E-state index contributed by atoms with van der Waals surface area (Å²) < 4.78 is 0. The van der Waals surface area contributed by atoms with Crippen molar-refractivity contribution >= 4 is 50.5 Å². The fourth-order valence-corrected chi connectivity index (χ4v) is 10.3. The van der Waals surface area contributed by atoms with Crippen LogP contribution in [-0.4, -0.2) is 0 Å². The summed E-state index contributed by atoms with van der Waals surface area (Å²) in [7, 11) is 0. The Morgan fingerprint density at radius 2 is 1.16 bits per heavy atom. The first-order valence-corrected chi connectivity index (χ1v) is 22.9. The van der Waals surface area contributed by atoms with Gasteiger partial charge in [0.25, 0.3) is 0 Å². The molecular weight excluding hydrogens is 773 g/mol. The zero-order chi connectivity index (χ0) is 44.1. The Hall–Kier alpha value is -7.16. The van der Waals surface area contributed by atoms with E-state index in [1.807, 2.05) is 6.08 Å². The molecule has 8 aromatic carbocycles. The lowest BCUT2D eigenvalue weighted by Gasteiger charge is -2.31. The summed E-state index contributed by atoms with van der Waals surface area (Å²) in [5, 5.41) is 2.51. The molecule has 0 radical (unpaired) electrons. The van der Waals surface area contributed by atoms with Crippen LogP contribution in [0.2, 0.25) is 0 Å². The first kappa shape index (κ1) is 40.9. The molecule has 2 aliphatic rings. The summed E-state index contributed by atoms with van der Waals surface area (Å²) in [5.74, 6) is 0.482. The predicted octanol–water partition coefficient (Wildman–Crippen LogP) is 17.8. The number of para-hydroxylation sites is 2. The first-order chi connectivity index (χ1) is 31.2. The number of fused-ring (bicyclic) bond motifs is 5. The summed E-state index contributed by atoms with van der Waals surface area (Å²) >= 11 is 0. The van der Waals surface area contributed by atoms with Crippen molar-refractivity contribution in [2.24, 2.45) is 0 Å². The van der Waals surface area contributed by atoms with E-state index in [2.05, 4.69) is 240 Å². The van der Waals surface area contributed by atoms with Crippen molar-refractivity contribution in [3.8, 4) is 22.3 Å². The Bertz CT molecular complexity index is 3100. The molecule has 0 saturated heterocycles. The Kier molecular flexibility index (Phi) is 10.6. The number of anilines is 6. The van der Waals surface area contributed by atoms with Gasteiger partial charge in [0.15, 0.2) is 0 Å². The van der Waals surface area contributed by atoms with Gasteiger partial charge in [0.1, 0.15) is 0 Å². The minimum absolute atomic E-state index is 0.293. The second-order valence-corrected chi connectivity index (χ2v) is 18.2. The molecule has 1 fully saturated rings. The molecule has 10 rings (SSSR count). The van der Waals surface area contributed by atoms with Crippen molar-refractivity contribution < 1.29 is 0 Å². The van der Waals surface area contributed by atoms with Gasteiger partial charge < -0.3 is 9.80 Å². The third-order valence-corrected chi connectivity index (χ3v) is 13.7.